The van der Waals surface area contributed by atoms with Crippen LogP contribution in [0.25, 0.3) is 11.3 Å². The summed E-state index contributed by atoms with van der Waals surface area (Å²) in [5.74, 6) is 0. The van der Waals surface area contributed by atoms with Crippen molar-refractivity contribution in [2.75, 3.05) is 7.05 Å². The second-order valence-electron chi connectivity index (χ2n) is 5.12. The third-order valence-corrected chi connectivity index (χ3v) is 3.94. The number of nitrogens with zero attached hydrogens (tertiary/aromatic N) is 2. The molecule has 0 amide bonds. The molecular weight excluding hydrogens is 256 g/mol. The molecule has 110 valence electrons. The third kappa shape index (κ3) is 2.90. The highest BCUT2D eigenvalue weighted by atomic mass is 14.8. The van der Waals surface area contributed by atoms with Crippen molar-refractivity contribution in [3.63, 3.8) is 0 Å². The van der Waals surface area contributed by atoms with E-state index in [0.717, 1.165) is 29.9 Å². The number of pyridine rings is 1. The van der Waals surface area contributed by atoms with Crippen LogP contribution in [0.15, 0.2) is 35.3 Å². The Bertz CT molecular complexity index is 669. The molecule has 2 aromatic rings. The molecule has 0 N–H and O–H groups in total. The van der Waals surface area contributed by atoms with Gasteiger partial charge in [-0.2, -0.15) is 0 Å². The van der Waals surface area contributed by atoms with Gasteiger partial charge in [0.15, 0.2) is 0 Å². The molecule has 0 unspecified atom stereocenters. The van der Waals surface area contributed by atoms with Crippen molar-refractivity contribution in [1.29, 1.82) is 0 Å². The van der Waals surface area contributed by atoms with E-state index < -0.39 is 0 Å². The fraction of sp³-hybridized carbons (Fsp3) is 0.368. The summed E-state index contributed by atoms with van der Waals surface area (Å²) in [6.07, 6.45) is 2.20. The maximum absolute atomic E-state index is 4.86. The van der Waals surface area contributed by atoms with E-state index >= 15 is 0 Å². The monoisotopic (exact) mass is 280 g/mol. The Labute approximate surface area is 128 Å². The van der Waals surface area contributed by atoms with E-state index in [0.29, 0.717) is 0 Å². The first-order valence-corrected chi connectivity index (χ1v) is 7.73. The summed E-state index contributed by atoms with van der Waals surface area (Å²) in [5, 5.41) is 0. The number of aliphatic imine (C=N–C) groups is 1. The van der Waals surface area contributed by atoms with Crippen LogP contribution in [0.2, 0.25) is 0 Å². The van der Waals surface area contributed by atoms with Gasteiger partial charge < -0.3 is 0 Å². The topological polar surface area (TPSA) is 25.2 Å². The van der Waals surface area contributed by atoms with Crippen LogP contribution < -0.4 is 0 Å². The van der Waals surface area contributed by atoms with Gasteiger partial charge in [-0.3, -0.25) is 4.99 Å². The zero-order chi connectivity index (χ0) is 15.4. The fourth-order valence-electron chi connectivity index (χ4n) is 2.77. The van der Waals surface area contributed by atoms with Gasteiger partial charge in [0.25, 0.3) is 0 Å². The Hall–Kier alpha value is -1.96. The van der Waals surface area contributed by atoms with Gasteiger partial charge in [-0.15, -0.1) is 0 Å². The van der Waals surface area contributed by atoms with Gasteiger partial charge in [0, 0.05) is 12.6 Å². The Balaban J connectivity index is 0.000000774. The zero-order valence-corrected chi connectivity index (χ0v) is 13.7. The first-order valence-electron chi connectivity index (χ1n) is 7.73. The average Bonchev–Trinajstić information content (AvgIpc) is 2.55. The molecule has 0 atom stereocenters. The lowest BCUT2D eigenvalue weighted by atomic mass is 9.86. The molecular formula is C19H24N2. The highest BCUT2D eigenvalue weighted by Crippen LogP contribution is 2.34. The van der Waals surface area contributed by atoms with Crippen LogP contribution in [0.1, 0.15) is 43.2 Å². The Morgan fingerprint density at radius 2 is 1.76 bits per heavy atom. The quantitative estimate of drug-likeness (QED) is 0.700. The van der Waals surface area contributed by atoms with Gasteiger partial charge >= 0.3 is 0 Å². The van der Waals surface area contributed by atoms with Crippen molar-refractivity contribution in [2.24, 2.45) is 4.99 Å². The van der Waals surface area contributed by atoms with Crippen LogP contribution >= 0.6 is 0 Å². The molecule has 1 aromatic heterocycles. The van der Waals surface area contributed by atoms with Crippen LogP contribution in [0, 0.1) is 6.92 Å². The Kier molecular flexibility index (Phi) is 4.89. The van der Waals surface area contributed by atoms with E-state index in [2.05, 4.69) is 42.2 Å². The summed E-state index contributed by atoms with van der Waals surface area (Å²) < 4.78 is 0. The lowest BCUT2D eigenvalue weighted by molar-refractivity contribution is 0.922. The highest BCUT2D eigenvalue weighted by Gasteiger charge is 2.19. The molecule has 0 aliphatic heterocycles. The molecule has 0 spiro atoms. The molecule has 1 aromatic carbocycles. The van der Waals surface area contributed by atoms with Crippen molar-refractivity contribution < 1.29 is 0 Å². The van der Waals surface area contributed by atoms with Crippen molar-refractivity contribution in [3.8, 4) is 11.3 Å². The molecule has 0 saturated carbocycles. The molecule has 1 aliphatic rings. The second kappa shape index (κ2) is 6.66. The summed E-state index contributed by atoms with van der Waals surface area (Å²) in [6, 6.07) is 10.8. The maximum atomic E-state index is 4.86. The second-order valence-corrected chi connectivity index (χ2v) is 5.12. The zero-order valence-electron chi connectivity index (χ0n) is 13.7. The number of hydrogen-bond donors (Lipinski definition) is 0. The normalized spacial score (nSPS) is 12.9. The first kappa shape index (κ1) is 15.4. The molecule has 0 saturated heterocycles. The van der Waals surface area contributed by atoms with Crippen molar-refractivity contribution in [2.45, 2.75) is 40.5 Å². The largest absolute Gasteiger partial charge is 0.291 e. The van der Waals surface area contributed by atoms with E-state index in [9.17, 15) is 0 Å². The standard InChI is InChI=1S/C17H18N2.C2H6/c1-11-5-4-6-13-7-8-14-9-10-15(12(2)18-3)19-17(14)16(11)13;1-2/h4-6,9-10H,7-8H2,1-3H3;1-2H3. The van der Waals surface area contributed by atoms with Crippen LogP contribution in [-0.4, -0.2) is 17.7 Å². The van der Waals surface area contributed by atoms with E-state index in [1.165, 1.54) is 22.3 Å². The summed E-state index contributed by atoms with van der Waals surface area (Å²) >= 11 is 0. The lowest BCUT2D eigenvalue weighted by Crippen LogP contribution is -2.10. The van der Waals surface area contributed by atoms with E-state index in [1.807, 2.05) is 27.8 Å². The molecule has 2 nitrogen and oxygen atoms in total. The lowest BCUT2D eigenvalue weighted by Gasteiger charge is -2.21. The summed E-state index contributed by atoms with van der Waals surface area (Å²) in [4.78, 5) is 9.10. The smallest absolute Gasteiger partial charge is 0.0844 e. The minimum atomic E-state index is 0.984. The molecule has 0 bridgehead atoms. The van der Waals surface area contributed by atoms with Crippen LogP contribution in [0.3, 0.4) is 0 Å². The third-order valence-electron chi connectivity index (χ3n) is 3.94. The molecule has 0 radical (unpaired) electrons. The van der Waals surface area contributed by atoms with Crippen molar-refractivity contribution >= 4 is 5.71 Å². The number of hydrogen-bond acceptors (Lipinski definition) is 2. The highest BCUT2D eigenvalue weighted by molar-refractivity contribution is 5.97. The number of aromatic nitrogens is 1. The van der Waals surface area contributed by atoms with Gasteiger partial charge in [0.1, 0.15) is 0 Å². The average molecular weight is 280 g/mol. The summed E-state index contributed by atoms with van der Waals surface area (Å²) in [5.41, 5.74) is 8.54. The van der Waals surface area contributed by atoms with E-state index in [1.54, 1.807) is 0 Å². The number of aryl methyl sites for hydroxylation is 3. The summed E-state index contributed by atoms with van der Waals surface area (Å²) in [6.45, 7) is 8.18. The minimum absolute atomic E-state index is 0.984. The number of benzene rings is 1. The van der Waals surface area contributed by atoms with Gasteiger partial charge in [-0.25, -0.2) is 4.98 Å². The van der Waals surface area contributed by atoms with Gasteiger partial charge in [0.05, 0.1) is 17.1 Å². The molecule has 0 fully saturated rings. The van der Waals surface area contributed by atoms with Crippen molar-refractivity contribution in [3.05, 3.63) is 52.7 Å². The SMILES string of the molecule is CC.CN=C(C)c1ccc2c(n1)-c1c(C)cccc1CC2. The van der Waals surface area contributed by atoms with Crippen LogP contribution in [0.5, 0.6) is 0 Å². The molecule has 2 heteroatoms. The van der Waals surface area contributed by atoms with Crippen LogP contribution in [-0.2, 0) is 12.8 Å². The van der Waals surface area contributed by atoms with Crippen LogP contribution in [0.4, 0.5) is 0 Å². The predicted molar refractivity (Wildman–Crippen MR) is 91.3 cm³/mol. The molecule has 1 aliphatic carbocycles. The molecule has 1 heterocycles. The van der Waals surface area contributed by atoms with Gasteiger partial charge in [0.2, 0.25) is 0 Å². The summed E-state index contributed by atoms with van der Waals surface area (Å²) in [7, 11) is 1.82. The van der Waals surface area contributed by atoms with Gasteiger partial charge in [-0.05, 0) is 49.4 Å². The predicted octanol–water partition coefficient (Wildman–Crippen LogP) is 4.62. The molecule has 21 heavy (non-hydrogen) atoms. The van der Waals surface area contributed by atoms with Crippen molar-refractivity contribution in [1.82, 2.24) is 4.98 Å². The maximum Gasteiger partial charge on any atom is 0.0844 e. The number of rotatable bonds is 1. The molecule has 3 rings (SSSR count). The van der Waals surface area contributed by atoms with E-state index in [4.69, 9.17) is 4.98 Å². The first-order chi connectivity index (χ1) is 10.2. The fourth-order valence-corrected chi connectivity index (χ4v) is 2.77. The minimum Gasteiger partial charge on any atom is -0.291 e. The number of fused-ring (bicyclic) bond motifs is 3. The van der Waals surface area contributed by atoms with E-state index in [-0.39, 0.29) is 0 Å². The Morgan fingerprint density at radius 1 is 1.05 bits per heavy atom. The Morgan fingerprint density at radius 3 is 2.48 bits per heavy atom. The van der Waals surface area contributed by atoms with Gasteiger partial charge in [-0.1, -0.05) is 38.1 Å².